The summed E-state index contributed by atoms with van der Waals surface area (Å²) in [5.41, 5.74) is 0.502. The van der Waals surface area contributed by atoms with Gasteiger partial charge in [-0.05, 0) is 37.1 Å². The second-order valence-electron chi connectivity index (χ2n) is 4.59. The van der Waals surface area contributed by atoms with Gasteiger partial charge in [-0.25, -0.2) is 4.79 Å². The number of carbonyl (C=O) groups excluding carboxylic acids is 1. The monoisotopic (exact) mass is 310 g/mol. The van der Waals surface area contributed by atoms with Crippen molar-refractivity contribution in [2.75, 3.05) is 25.0 Å². The average molecular weight is 311 g/mol. The molecule has 0 aliphatic heterocycles. The fourth-order valence-corrected chi connectivity index (χ4v) is 1.93. The van der Waals surface area contributed by atoms with Crippen molar-refractivity contribution in [3.8, 4) is 0 Å². The minimum Gasteiger partial charge on any atom is -0.480 e. The van der Waals surface area contributed by atoms with E-state index in [4.69, 9.17) is 16.7 Å². The number of carboxylic acid groups (broad SMARTS) is 1. The molecule has 1 N–H and O–H groups in total. The van der Waals surface area contributed by atoms with Crippen molar-refractivity contribution in [2.45, 2.75) is 12.8 Å². The minimum absolute atomic E-state index is 0.358. The van der Waals surface area contributed by atoms with Gasteiger partial charge in [-0.2, -0.15) is 0 Å². The Balaban J connectivity index is 2.85. The molecule has 2 amide bonds. The first-order valence-corrected chi connectivity index (χ1v) is 6.94. The van der Waals surface area contributed by atoms with Crippen molar-refractivity contribution < 1.29 is 14.7 Å². The molecular formula is C15H19ClN2O3. The smallest absolute Gasteiger partial charge is 0.324 e. The van der Waals surface area contributed by atoms with Crippen molar-refractivity contribution in [1.29, 1.82) is 0 Å². The molecule has 0 fully saturated rings. The number of benzene rings is 1. The van der Waals surface area contributed by atoms with Gasteiger partial charge in [0.1, 0.15) is 6.54 Å². The van der Waals surface area contributed by atoms with Crippen molar-refractivity contribution in [3.05, 3.63) is 41.9 Å². The molecule has 0 aliphatic carbocycles. The van der Waals surface area contributed by atoms with E-state index in [9.17, 15) is 9.59 Å². The molecule has 0 unspecified atom stereocenters. The summed E-state index contributed by atoms with van der Waals surface area (Å²) >= 11 is 5.81. The van der Waals surface area contributed by atoms with Gasteiger partial charge in [0.25, 0.3) is 0 Å². The van der Waals surface area contributed by atoms with E-state index < -0.39 is 12.5 Å². The molecule has 0 spiro atoms. The number of halogens is 1. The molecule has 0 heterocycles. The van der Waals surface area contributed by atoms with E-state index in [1.165, 1.54) is 9.80 Å². The van der Waals surface area contributed by atoms with E-state index in [0.29, 0.717) is 17.3 Å². The normalized spacial score (nSPS) is 10.0. The quantitative estimate of drug-likeness (QED) is 0.621. The van der Waals surface area contributed by atoms with Crippen LogP contribution in [0.15, 0.2) is 36.9 Å². The lowest BCUT2D eigenvalue weighted by atomic mass is 10.2. The Morgan fingerprint density at radius 3 is 2.48 bits per heavy atom. The molecule has 0 bridgehead atoms. The van der Waals surface area contributed by atoms with E-state index in [1.807, 2.05) is 0 Å². The maximum Gasteiger partial charge on any atom is 0.324 e. The lowest BCUT2D eigenvalue weighted by Crippen LogP contribution is -2.44. The summed E-state index contributed by atoms with van der Waals surface area (Å²) in [6, 6.07) is 6.14. The van der Waals surface area contributed by atoms with Crippen LogP contribution in [0.25, 0.3) is 0 Å². The van der Waals surface area contributed by atoms with E-state index in [2.05, 4.69) is 6.58 Å². The Bertz CT molecular complexity index is 502. The number of anilines is 1. The van der Waals surface area contributed by atoms with Gasteiger partial charge in [-0.15, -0.1) is 6.58 Å². The summed E-state index contributed by atoms with van der Waals surface area (Å²) in [5.74, 6) is -1.07. The van der Waals surface area contributed by atoms with E-state index in [0.717, 1.165) is 12.8 Å². The first kappa shape index (κ1) is 17.0. The molecule has 6 heteroatoms. The van der Waals surface area contributed by atoms with Crippen LogP contribution in [0.3, 0.4) is 0 Å². The standard InChI is InChI=1S/C15H19ClN2O3/c1-3-4-5-10-17(2)15(21)18(11-14(19)20)13-8-6-12(16)7-9-13/h3,6-9H,1,4-5,10-11H2,2H3,(H,19,20). The molecule has 114 valence electrons. The number of rotatable bonds is 7. The number of carboxylic acids is 1. The predicted molar refractivity (Wildman–Crippen MR) is 83.9 cm³/mol. The zero-order chi connectivity index (χ0) is 15.8. The number of aliphatic carboxylic acids is 1. The minimum atomic E-state index is -1.07. The first-order chi connectivity index (χ1) is 9.95. The molecule has 0 aromatic heterocycles. The molecule has 1 aromatic carbocycles. The summed E-state index contributed by atoms with van der Waals surface area (Å²) < 4.78 is 0. The van der Waals surface area contributed by atoms with Crippen LogP contribution >= 0.6 is 11.6 Å². The topological polar surface area (TPSA) is 60.9 Å². The van der Waals surface area contributed by atoms with Crippen molar-refractivity contribution >= 4 is 29.3 Å². The summed E-state index contributed by atoms with van der Waals surface area (Å²) in [7, 11) is 1.65. The number of allylic oxidation sites excluding steroid dienone is 1. The molecular weight excluding hydrogens is 292 g/mol. The molecule has 0 aliphatic rings. The lowest BCUT2D eigenvalue weighted by molar-refractivity contribution is -0.135. The molecule has 0 radical (unpaired) electrons. The van der Waals surface area contributed by atoms with Gasteiger partial charge in [-0.1, -0.05) is 17.7 Å². The molecule has 0 saturated carbocycles. The molecule has 21 heavy (non-hydrogen) atoms. The van der Waals surface area contributed by atoms with Crippen LogP contribution in [0, 0.1) is 0 Å². The van der Waals surface area contributed by atoms with Crippen molar-refractivity contribution in [2.24, 2.45) is 0 Å². The maximum atomic E-state index is 12.4. The number of carbonyl (C=O) groups is 2. The number of unbranched alkanes of at least 4 members (excludes halogenated alkanes) is 1. The Hall–Kier alpha value is -2.01. The van der Waals surface area contributed by atoms with Crippen LogP contribution in [0.5, 0.6) is 0 Å². The molecule has 0 atom stereocenters. The highest BCUT2D eigenvalue weighted by Crippen LogP contribution is 2.19. The summed E-state index contributed by atoms with van der Waals surface area (Å²) in [6.45, 7) is 3.77. The predicted octanol–water partition coefficient (Wildman–Crippen LogP) is 3.25. The van der Waals surface area contributed by atoms with Gasteiger partial charge in [0.2, 0.25) is 0 Å². The number of hydrogen-bond donors (Lipinski definition) is 1. The summed E-state index contributed by atoms with van der Waals surface area (Å²) in [5, 5.41) is 9.52. The molecule has 5 nitrogen and oxygen atoms in total. The SMILES string of the molecule is C=CCCCN(C)C(=O)N(CC(=O)O)c1ccc(Cl)cc1. The van der Waals surface area contributed by atoms with Crippen LogP contribution in [-0.2, 0) is 4.79 Å². The van der Waals surface area contributed by atoms with Crippen LogP contribution in [-0.4, -0.2) is 42.1 Å². The number of amides is 2. The number of hydrogen-bond acceptors (Lipinski definition) is 2. The van der Waals surface area contributed by atoms with Gasteiger partial charge in [0, 0.05) is 24.3 Å². The van der Waals surface area contributed by atoms with Gasteiger partial charge < -0.3 is 10.0 Å². The third kappa shape index (κ3) is 5.47. The Labute approximate surface area is 129 Å². The van der Waals surface area contributed by atoms with Gasteiger partial charge in [-0.3, -0.25) is 9.69 Å². The Kier molecular flexibility index (Phi) is 6.75. The van der Waals surface area contributed by atoms with E-state index in [1.54, 1.807) is 37.4 Å². The third-order valence-corrected chi connectivity index (χ3v) is 3.14. The van der Waals surface area contributed by atoms with Gasteiger partial charge >= 0.3 is 12.0 Å². The van der Waals surface area contributed by atoms with Gasteiger partial charge in [0.15, 0.2) is 0 Å². The van der Waals surface area contributed by atoms with Crippen LogP contribution in [0.2, 0.25) is 5.02 Å². The highest BCUT2D eigenvalue weighted by atomic mass is 35.5. The van der Waals surface area contributed by atoms with E-state index in [-0.39, 0.29) is 6.03 Å². The lowest BCUT2D eigenvalue weighted by Gasteiger charge is -2.27. The largest absolute Gasteiger partial charge is 0.480 e. The highest BCUT2D eigenvalue weighted by Gasteiger charge is 2.21. The Morgan fingerprint density at radius 1 is 1.33 bits per heavy atom. The zero-order valence-electron chi connectivity index (χ0n) is 12.0. The molecule has 1 rings (SSSR count). The van der Waals surface area contributed by atoms with Crippen LogP contribution in [0.1, 0.15) is 12.8 Å². The number of nitrogens with zero attached hydrogens (tertiary/aromatic N) is 2. The first-order valence-electron chi connectivity index (χ1n) is 6.56. The average Bonchev–Trinajstić information content (AvgIpc) is 2.45. The Morgan fingerprint density at radius 2 is 1.95 bits per heavy atom. The second kappa shape index (κ2) is 8.32. The van der Waals surface area contributed by atoms with E-state index >= 15 is 0 Å². The van der Waals surface area contributed by atoms with Crippen LogP contribution in [0.4, 0.5) is 10.5 Å². The molecule has 1 aromatic rings. The number of urea groups is 1. The van der Waals surface area contributed by atoms with Crippen molar-refractivity contribution in [3.63, 3.8) is 0 Å². The van der Waals surface area contributed by atoms with Crippen LogP contribution < -0.4 is 4.90 Å². The fourth-order valence-electron chi connectivity index (χ4n) is 1.80. The molecule has 0 saturated heterocycles. The fraction of sp³-hybridized carbons (Fsp3) is 0.333. The summed E-state index contributed by atoms with van der Waals surface area (Å²) in [4.78, 5) is 26.1. The third-order valence-electron chi connectivity index (χ3n) is 2.89. The highest BCUT2D eigenvalue weighted by molar-refractivity contribution is 6.30. The maximum absolute atomic E-state index is 12.4. The van der Waals surface area contributed by atoms with Crippen molar-refractivity contribution in [1.82, 2.24) is 4.90 Å². The van der Waals surface area contributed by atoms with Gasteiger partial charge in [0.05, 0.1) is 0 Å². The second-order valence-corrected chi connectivity index (χ2v) is 5.03. The summed E-state index contributed by atoms with van der Waals surface area (Å²) in [6.07, 6.45) is 3.37. The zero-order valence-corrected chi connectivity index (χ0v) is 12.7.